The van der Waals surface area contributed by atoms with Crippen molar-refractivity contribution < 1.29 is 13.9 Å². The van der Waals surface area contributed by atoms with Crippen molar-refractivity contribution in [3.05, 3.63) is 35.4 Å². The van der Waals surface area contributed by atoms with E-state index < -0.39 is 17.7 Å². The molecule has 1 heterocycles. The Morgan fingerprint density at radius 3 is 2.67 bits per heavy atom. The Morgan fingerprint density at radius 2 is 2.00 bits per heavy atom. The number of β-amino-alcohol motifs (C(OH)–C–C–N with tert-alkyl or cyclic N) is 1. The number of nitrogens with zero attached hydrogens (tertiary/aromatic N) is 1. The summed E-state index contributed by atoms with van der Waals surface area (Å²) in [5.74, 6) is -1.18. The zero-order valence-electron chi connectivity index (χ0n) is 10.2. The fraction of sp³-hybridized carbons (Fsp3) is 0.538. The molecular formula is C13H18F2N2O. The molecule has 0 radical (unpaired) electrons. The number of hydrogen-bond donors (Lipinski definition) is 2. The monoisotopic (exact) mass is 256 g/mol. The van der Waals surface area contributed by atoms with Crippen molar-refractivity contribution in [2.75, 3.05) is 32.7 Å². The molecule has 1 atom stereocenters. The van der Waals surface area contributed by atoms with Crippen LogP contribution in [0.1, 0.15) is 5.56 Å². The van der Waals surface area contributed by atoms with Gasteiger partial charge in [0.25, 0.3) is 0 Å². The summed E-state index contributed by atoms with van der Waals surface area (Å²) in [5.41, 5.74) is 0.360. The standard InChI is InChI=1S/C13H18F2N2O/c14-11-2-1-10(13(15)8-11)7-12(18)9-17-5-3-16-4-6-17/h1-2,8,12,16,18H,3-7,9H2. The fourth-order valence-electron chi connectivity index (χ4n) is 2.20. The van der Waals surface area contributed by atoms with E-state index in [-0.39, 0.29) is 6.42 Å². The number of aliphatic hydroxyl groups is 1. The van der Waals surface area contributed by atoms with Gasteiger partial charge in [-0.05, 0) is 11.6 Å². The molecule has 5 heteroatoms. The van der Waals surface area contributed by atoms with Gasteiger partial charge in [0.05, 0.1) is 6.10 Å². The first-order valence-electron chi connectivity index (χ1n) is 6.20. The van der Waals surface area contributed by atoms with Crippen LogP contribution in [0.5, 0.6) is 0 Å². The summed E-state index contributed by atoms with van der Waals surface area (Å²) >= 11 is 0. The first-order valence-corrected chi connectivity index (χ1v) is 6.20. The van der Waals surface area contributed by atoms with Crippen molar-refractivity contribution in [2.24, 2.45) is 0 Å². The van der Waals surface area contributed by atoms with Gasteiger partial charge in [-0.25, -0.2) is 8.78 Å². The van der Waals surface area contributed by atoms with Gasteiger partial charge in [-0.3, -0.25) is 4.90 Å². The van der Waals surface area contributed by atoms with E-state index in [0.29, 0.717) is 12.1 Å². The molecule has 100 valence electrons. The van der Waals surface area contributed by atoms with Crippen LogP contribution in [0.3, 0.4) is 0 Å². The van der Waals surface area contributed by atoms with Gasteiger partial charge >= 0.3 is 0 Å². The summed E-state index contributed by atoms with van der Waals surface area (Å²) in [6.45, 7) is 4.14. The van der Waals surface area contributed by atoms with Crippen molar-refractivity contribution in [1.29, 1.82) is 0 Å². The van der Waals surface area contributed by atoms with Crippen LogP contribution in [-0.2, 0) is 6.42 Å². The van der Waals surface area contributed by atoms with Crippen molar-refractivity contribution >= 4 is 0 Å². The molecule has 3 nitrogen and oxygen atoms in total. The third kappa shape index (κ3) is 3.73. The lowest BCUT2D eigenvalue weighted by molar-refractivity contribution is 0.104. The molecule has 1 aromatic rings. The van der Waals surface area contributed by atoms with Crippen molar-refractivity contribution in [2.45, 2.75) is 12.5 Å². The van der Waals surface area contributed by atoms with E-state index in [2.05, 4.69) is 10.2 Å². The number of aliphatic hydroxyl groups excluding tert-OH is 1. The van der Waals surface area contributed by atoms with Gasteiger partial charge in [0.15, 0.2) is 0 Å². The largest absolute Gasteiger partial charge is 0.391 e. The fourth-order valence-corrected chi connectivity index (χ4v) is 2.20. The molecule has 0 bridgehead atoms. The zero-order chi connectivity index (χ0) is 13.0. The van der Waals surface area contributed by atoms with Gasteiger partial charge in [0, 0.05) is 45.2 Å². The quantitative estimate of drug-likeness (QED) is 0.835. The number of benzene rings is 1. The molecule has 1 aromatic carbocycles. The number of hydrogen-bond acceptors (Lipinski definition) is 3. The van der Waals surface area contributed by atoms with E-state index in [1.807, 2.05) is 0 Å². The maximum absolute atomic E-state index is 13.4. The Kier molecular flexibility index (Phi) is 4.63. The van der Waals surface area contributed by atoms with E-state index >= 15 is 0 Å². The highest BCUT2D eigenvalue weighted by Crippen LogP contribution is 2.12. The highest BCUT2D eigenvalue weighted by molar-refractivity contribution is 5.19. The van der Waals surface area contributed by atoms with Gasteiger partial charge < -0.3 is 10.4 Å². The van der Waals surface area contributed by atoms with Gasteiger partial charge in [0.2, 0.25) is 0 Å². The van der Waals surface area contributed by atoms with Crippen LogP contribution >= 0.6 is 0 Å². The summed E-state index contributed by atoms with van der Waals surface area (Å²) in [7, 11) is 0. The van der Waals surface area contributed by atoms with Crippen LogP contribution in [0.25, 0.3) is 0 Å². The second kappa shape index (κ2) is 6.22. The third-order valence-corrected chi connectivity index (χ3v) is 3.15. The van der Waals surface area contributed by atoms with E-state index in [1.165, 1.54) is 12.1 Å². The molecule has 0 spiro atoms. The second-order valence-corrected chi connectivity index (χ2v) is 4.64. The van der Waals surface area contributed by atoms with Crippen molar-refractivity contribution in [1.82, 2.24) is 10.2 Å². The lowest BCUT2D eigenvalue weighted by Crippen LogP contribution is -2.46. The Bertz CT molecular complexity index is 395. The van der Waals surface area contributed by atoms with Gasteiger partial charge in [0.1, 0.15) is 11.6 Å². The molecule has 0 aromatic heterocycles. The second-order valence-electron chi connectivity index (χ2n) is 4.64. The molecule has 1 unspecified atom stereocenters. The summed E-state index contributed by atoms with van der Waals surface area (Å²) in [6, 6.07) is 3.47. The van der Waals surface area contributed by atoms with Gasteiger partial charge in [-0.15, -0.1) is 0 Å². The maximum atomic E-state index is 13.4. The third-order valence-electron chi connectivity index (χ3n) is 3.15. The van der Waals surface area contributed by atoms with E-state index in [4.69, 9.17) is 0 Å². The Balaban J connectivity index is 1.87. The number of nitrogens with one attached hydrogen (secondary N) is 1. The highest BCUT2D eigenvalue weighted by atomic mass is 19.1. The predicted molar refractivity (Wildman–Crippen MR) is 65.4 cm³/mol. The molecule has 0 saturated carbocycles. The van der Waals surface area contributed by atoms with Gasteiger partial charge in [-0.2, -0.15) is 0 Å². The van der Waals surface area contributed by atoms with Gasteiger partial charge in [-0.1, -0.05) is 6.07 Å². The van der Waals surface area contributed by atoms with Crippen LogP contribution < -0.4 is 5.32 Å². The van der Waals surface area contributed by atoms with Crippen LogP contribution in [0, 0.1) is 11.6 Å². The van der Waals surface area contributed by atoms with E-state index in [0.717, 1.165) is 32.2 Å². The molecular weight excluding hydrogens is 238 g/mol. The average Bonchev–Trinajstić information content (AvgIpc) is 2.34. The van der Waals surface area contributed by atoms with Crippen molar-refractivity contribution in [3.63, 3.8) is 0 Å². The molecule has 0 aliphatic carbocycles. The van der Waals surface area contributed by atoms with E-state index in [9.17, 15) is 13.9 Å². The van der Waals surface area contributed by atoms with Crippen molar-refractivity contribution in [3.8, 4) is 0 Å². The summed E-state index contributed by atoms with van der Waals surface area (Å²) in [5, 5.41) is 13.2. The lowest BCUT2D eigenvalue weighted by Gasteiger charge is -2.29. The smallest absolute Gasteiger partial charge is 0.129 e. The first kappa shape index (κ1) is 13.4. The SMILES string of the molecule is OC(Cc1ccc(F)cc1F)CN1CCNCC1. The molecule has 1 saturated heterocycles. The number of piperazine rings is 1. The summed E-state index contributed by atoms with van der Waals surface area (Å²) in [6.07, 6.45) is -0.404. The van der Waals surface area contributed by atoms with Crippen LogP contribution in [0.15, 0.2) is 18.2 Å². The molecule has 2 rings (SSSR count). The zero-order valence-corrected chi connectivity index (χ0v) is 10.2. The lowest BCUT2D eigenvalue weighted by atomic mass is 10.1. The maximum Gasteiger partial charge on any atom is 0.129 e. The minimum atomic E-state index is -0.622. The number of rotatable bonds is 4. The average molecular weight is 256 g/mol. The Hall–Kier alpha value is -1.04. The Labute approximate surface area is 105 Å². The van der Waals surface area contributed by atoms with E-state index in [1.54, 1.807) is 0 Å². The highest BCUT2D eigenvalue weighted by Gasteiger charge is 2.16. The molecule has 1 fully saturated rings. The molecule has 2 N–H and O–H groups in total. The summed E-state index contributed by atoms with van der Waals surface area (Å²) in [4.78, 5) is 2.14. The number of halogens is 2. The molecule has 18 heavy (non-hydrogen) atoms. The molecule has 0 amide bonds. The summed E-state index contributed by atoms with van der Waals surface area (Å²) < 4.78 is 26.2. The predicted octanol–water partition coefficient (Wildman–Crippen LogP) is 0.773. The molecule has 1 aliphatic rings. The minimum Gasteiger partial charge on any atom is -0.391 e. The Morgan fingerprint density at radius 1 is 1.28 bits per heavy atom. The minimum absolute atomic E-state index is 0.218. The van der Waals surface area contributed by atoms with Crippen LogP contribution in [0.2, 0.25) is 0 Å². The van der Waals surface area contributed by atoms with Crippen LogP contribution in [0.4, 0.5) is 8.78 Å². The molecule has 1 aliphatic heterocycles. The normalized spacial score (nSPS) is 18.8. The topological polar surface area (TPSA) is 35.5 Å². The van der Waals surface area contributed by atoms with Crippen LogP contribution in [-0.4, -0.2) is 48.8 Å². The first-order chi connectivity index (χ1) is 8.65.